The number of benzene rings is 2. The molecule has 0 amide bonds. The van der Waals surface area contributed by atoms with E-state index in [0.717, 1.165) is 74.6 Å². The lowest BCUT2D eigenvalue weighted by Gasteiger charge is -2.38. The zero-order chi connectivity index (χ0) is 28.2. The Labute approximate surface area is 254 Å². The molecule has 3 aliphatic rings. The van der Waals surface area contributed by atoms with Crippen LogP contribution in [0.3, 0.4) is 0 Å². The molecule has 6 rings (SSSR count). The Morgan fingerprint density at radius 2 is 1.66 bits per heavy atom. The van der Waals surface area contributed by atoms with Crippen molar-refractivity contribution < 1.29 is 0 Å². The number of aromatic nitrogens is 2. The van der Waals surface area contributed by atoms with Crippen molar-refractivity contribution in [2.24, 2.45) is 5.92 Å². The van der Waals surface area contributed by atoms with Gasteiger partial charge in [0.25, 0.3) is 0 Å². The second kappa shape index (κ2) is 12.5. The van der Waals surface area contributed by atoms with Crippen molar-refractivity contribution in [3.8, 4) is 0 Å². The molecule has 216 valence electrons. The van der Waals surface area contributed by atoms with Gasteiger partial charge in [0.15, 0.2) is 5.11 Å². The Morgan fingerprint density at radius 3 is 2.41 bits per heavy atom. The predicted octanol–water partition coefficient (Wildman–Crippen LogP) is 7.12. The van der Waals surface area contributed by atoms with E-state index < -0.39 is 0 Å². The molecule has 1 aromatic heterocycles. The predicted molar refractivity (Wildman–Crippen MR) is 174 cm³/mol. The first-order valence-corrected chi connectivity index (χ1v) is 16.0. The van der Waals surface area contributed by atoms with Gasteiger partial charge in [0.1, 0.15) is 11.6 Å². The lowest BCUT2D eigenvalue weighted by atomic mass is 9.69. The molecule has 0 bridgehead atoms. The molecular weight excluding hydrogens is 548 g/mol. The van der Waals surface area contributed by atoms with E-state index in [4.69, 9.17) is 33.8 Å². The largest absolute Gasteiger partial charge is 0.361 e. The van der Waals surface area contributed by atoms with Gasteiger partial charge in [-0.1, -0.05) is 74.2 Å². The van der Waals surface area contributed by atoms with Gasteiger partial charge >= 0.3 is 0 Å². The van der Waals surface area contributed by atoms with Gasteiger partial charge in [0.2, 0.25) is 5.95 Å². The fraction of sp³-hybridized carbons (Fsp3) is 0.485. The van der Waals surface area contributed by atoms with Crippen LogP contribution in [0.1, 0.15) is 68.6 Å². The lowest BCUT2D eigenvalue weighted by molar-refractivity contribution is 0.292. The fourth-order valence-electron chi connectivity index (χ4n) is 6.74. The van der Waals surface area contributed by atoms with Gasteiger partial charge in [-0.3, -0.25) is 0 Å². The molecule has 1 saturated heterocycles. The van der Waals surface area contributed by atoms with Crippen LogP contribution in [0.2, 0.25) is 5.02 Å². The maximum absolute atomic E-state index is 6.41. The van der Waals surface area contributed by atoms with Crippen molar-refractivity contribution in [2.45, 2.75) is 70.3 Å². The minimum absolute atomic E-state index is 0.0223. The van der Waals surface area contributed by atoms with Crippen LogP contribution in [0, 0.1) is 5.92 Å². The number of nitrogens with one attached hydrogen (secondary N) is 2. The zero-order valence-corrected chi connectivity index (χ0v) is 25.6. The number of fused-ring (bicyclic) bond motifs is 1. The Hall–Kier alpha value is -2.90. The first-order chi connectivity index (χ1) is 20.0. The summed E-state index contributed by atoms with van der Waals surface area (Å²) in [5, 5.41) is 8.27. The van der Waals surface area contributed by atoms with Crippen LogP contribution in [-0.2, 0) is 18.4 Å². The SMILES string of the molecule is CC1CCN(c2cc(N3CCc4ccccc4C3)nc(NC(=S)NCC3(c4cccc(Cl)c4)CCCCC3)n2)CC1. The summed E-state index contributed by atoms with van der Waals surface area (Å²) in [4.78, 5) is 14.7. The minimum Gasteiger partial charge on any atom is -0.361 e. The third kappa shape index (κ3) is 6.62. The third-order valence-electron chi connectivity index (χ3n) is 9.32. The van der Waals surface area contributed by atoms with E-state index in [1.54, 1.807) is 0 Å². The van der Waals surface area contributed by atoms with Gasteiger partial charge in [-0.05, 0) is 79.1 Å². The quantitative estimate of drug-likeness (QED) is 0.297. The summed E-state index contributed by atoms with van der Waals surface area (Å²) in [7, 11) is 0. The third-order valence-corrected chi connectivity index (χ3v) is 9.80. The van der Waals surface area contributed by atoms with Crippen LogP contribution in [0.15, 0.2) is 54.6 Å². The van der Waals surface area contributed by atoms with Crippen molar-refractivity contribution in [1.29, 1.82) is 0 Å². The summed E-state index contributed by atoms with van der Waals surface area (Å²) >= 11 is 12.2. The highest BCUT2D eigenvalue weighted by Gasteiger charge is 2.34. The number of rotatable bonds is 6. The second-order valence-corrected chi connectivity index (χ2v) is 13.0. The molecule has 2 aliphatic heterocycles. The molecule has 2 aromatic carbocycles. The normalized spacial score (nSPS) is 19.0. The van der Waals surface area contributed by atoms with E-state index in [2.05, 4.69) is 75.9 Å². The molecule has 6 nitrogen and oxygen atoms in total. The highest BCUT2D eigenvalue weighted by molar-refractivity contribution is 7.80. The standard InChI is InChI=1S/C33H41ClN6S/c1-24-12-17-39(18-13-24)29-21-30(40-19-14-25-8-3-4-9-26(25)22-40)37-31(36-29)38-32(41)35-23-33(15-5-2-6-16-33)27-10-7-11-28(34)20-27/h3-4,7-11,20-21,24H,2,5-6,12-19,22-23H2,1H3,(H2,35,36,37,38,41). The highest BCUT2D eigenvalue weighted by atomic mass is 35.5. The first kappa shape index (κ1) is 28.2. The molecule has 1 saturated carbocycles. The van der Waals surface area contributed by atoms with Crippen LogP contribution < -0.4 is 20.4 Å². The van der Waals surface area contributed by atoms with E-state index in [1.165, 1.54) is 48.8 Å². The number of anilines is 3. The minimum atomic E-state index is 0.0223. The van der Waals surface area contributed by atoms with Crippen molar-refractivity contribution in [3.63, 3.8) is 0 Å². The van der Waals surface area contributed by atoms with Crippen molar-refractivity contribution in [2.75, 3.05) is 41.3 Å². The van der Waals surface area contributed by atoms with Crippen LogP contribution in [0.5, 0.6) is 0 Å². The Kier molecular flexibility index (Phi) is 8.63. The van der Waals surface area contributed by atoms with Crippen LogP contribution in [0.4, 0.5) is 17.6 Å². The Bertz CT molecular complexity index is 1370. The second-order valence-electron chi connectivity index (χ2n) is 12.2. The van der Waals surface area contributed by atoms with Gasteiger partial charge in [-0.15, -0.1) is 0 Å². The molecule has 0 spiro atoms. The van der Waals surface area contributed by atoms with E-state index in [0.29, 0.717) is 11.1 Å². The highest BCUT2D eigenvalue weighted by Crippen LogP contribution is 2.40. The number of hydrogen-bond donors (Lipinski definition) is 2. The molecular formula is C33H41ClN6S. The van der Waals surface area contributed by atoms with Crippen LogP contribution in [-0.4, -0.2) is 41.3 Å². The van der Waals surface area contributed by atoms with Crippen molar-refractivity contribution in [1.82, 2.24) is 15.3 Å². The average molecular weight is 589 g/mol. The molecule has 3 aromatic rings. The molecule has 2 fully saturated rings. The summed E-state index contributed by atoms with van der Waals surface area (Å²) in [5.74, 6) is 3.25. The molecule has 0 unspecified atom stereocenters. The first-order valence-electron chi connectivity index (χ1n) is 15.2. The van der Waals surface area contributed by atoms with Gasteiger partial charge < -0.3 is 20.4 Å². The zero-order valence-electron chi connectivity index (χ0n) is 24.0. The van der Waals surface area contributed by atoms with Gasteiger partial charge in [-0.2, -0.15) is 9.97 Å². The molecule has 1 aliphatic carbocycles. The maximum Gasteiger partial charge on any atom is 0.232 e. The summed E-state index contributed by atoms with van der Waals surface area (Å²) < 4.78 is 0. The molecule has 3 heterocycles. The van der Waals surface area contributed by atoms with E-state index in [-0.39, 0.29) is 5.41 Å². The monoisotopic (exact) mass is 588 g/mol. The average Bonchev–Trinajstić information content (AvgIpc) is 3.00. The van der Waals surface area contributed by atoms with E-state index >= 15 is 0 Å². The molecule has 0 atom stereocenters. The van der Waals surface area contributed by atoms with Crippen molar-refractivity contribution >= 4 is 46.5 Å². The molecule has 8 heteroatoms. The van der Waals surface area contributed by atoms with Crippen molar-refractivity contribution in [3.05, 3.63) is 76.3 Å². The van der Waals surface area contributed by atoms with E-state index in [1.807, 2.05) is 6.07 Å². The number of nitrogens with zero attached hydrogens (tertiary/aromatic N) is 4. The number of hydrogen-bond acceptors (Lipinski definition) is 5. The number of piperidine rings is 1. The van der Waals surface area contributed by atoms with Gasteiger partial charge in [0.05, 0.1) is 0 Å². The fourth-order valence-corrected chi connectivity index (χ4v) is 7.09. The van der Waals surface area contributed by atoms with Crippen LogP contribution >= 0.6 is 23.8 Å². The topological polar surface area (TPSA) is 56.3 Å². The lowest BCUT2D eigenvalue weighted by Crippen LogP contribution is -2.43. The maximum atomic E-state index is 6.41. The molecule has 2 N–H and O–H groups in total. The van der Waals surface area contributed by atoms with E-state index in [9.17, 15) is 0 Å². The van der Waals surface area contributed by atoms with Gasteiger partial charge in [-0.25, -0.2) is 0 Å². The summed E-state index contributed by atoms with van der Waals surface area (Å²) in [6, 6.07) is 19.3. The summed E-state index contributed by atoms with van der Waals surface area (Å²) in [6.45, 7) is 6.93. The smallest absolute Gasteiger partial charge is 0.232 e. The number of halogens is 1. The molecule has 0 radical (unpaired) electrons. The summed E-state index contributed by atoms with van der Waals surface area (Å²) in [6.07, 6.45) is 9.36. The van der Waals surface area contributed by atoms with Crippen LogP contribution in [0.25, 0.3) is 0 Å². The van der Waals surface area contributed by atoms with Gasteiger partial charge in [0, 0.05) is 49.2 Å². The summed E-state index contributed by atoms with van der Waals surface area (Å²) in [5.41, 5.74) is 4.12. The number of thiocarbonyl (C=S) groups is 1. The Balaban J connectivity index is 1.21. The Morgan fingerprint density at radius 1 is 0.927 bits per heavy atom. The molecule has 41 heavy (non-hydrogen) atoms.